The van der Waals surface area contributed by atoms with Crippen molar-refractivity contribution in [2.24, 2.45) is 13.0 Å². The Morgan fingerprint density at radius 3 is 2.76 bits per heavy atom. The van der Waals surface area contributed by atoms with Crippen molar-refractivity contribution in [1.29, 1.82) is 0 Å². The van der Waals surface area contributed by atoms with Crippen molar-refractivity contribution in [2.75, 3.05) is 20.3 Å². The van der Waals surface area contributed by atoms with Crippen LogP contribution >= 0.6 is 0 Å². The van der Waals surface area contributed by atoms with E-state index in [0.717, 1.165) is 11.3 Å². The molecule has 6 nitrogen and oxygen atoms in total. The summed E-state index contributed by atoms with van der Waals surface area (Å²) in [6, 6.07) is 9.68. The third kappa shape index (κ3) is 4.85. The lowest BCUT2D eigenvalue weighted by atomic mass is 10.1. The molecule has 0 aliphatic heterocycles. The Labute approximate surface area is 169 Å². The molecule has 29 heavy (non-hydrogen) atoms. The minimum absolute atomic E-state index is 0.226. The van der Waals surface area contributed by atoms with Crippen LogP contribution in [0.5, 0.6) is 11.5 Å². The lowest BCUT2D eigenvalue weighted by Crippen LogP contribution is -2.27. The van der Waals surface area contributed by atoms with Crippen LogP contribution in [0.3, 0.4) is 0 Å². The zero-order valence-corrected chi connectivity index (χ0v) is 17.2. The van der Waals surface area contributed by atoms with Crippen molar-refractivity contribution in [3.05, 3.63) is 53.6 Å². The Bertz CT molecular complexity index is 1010. The monoisotopic (exact) mass is 399 g/mol. The molecule has 0 aliphatic rings. The summed E-state index contributed by atoms with van der Waals surface area (Å²) >= 11 is 0. The molecular weight excluding hydrogens is 373 g/mol. The predicted octanol–water partition coefficient (Wildman–Crippen LogP) is 3.73. The summed E-state index contributed by atoms with van der Waals surface area (Å²) in [5.41, 5.74) is 1.92. The maximum atomic E-state index is 13.4. The van der Waals surface area contributed by atoms with Crippen molar-refractivity contribution in [3.8, 4) is 11.5 Å². The van der Waals surface area contributed by atoms with Crippen LogP contribution in [0.15, 0.2) is 36.4 Å². The van der Waals surface area contributed by atoms with Gasteiger partial charge in [-0.25, -0.2) is 9.37 Å². The van der Waals surface area contributed by atoms with Gasteiger partial charge in [0.25, 0.3) is 5.91 Å². The summed E-state index contributed by atoms with van der Waals surface area (Å²) < 4.78 is 26.3. The number of rotatable bonds is 8. The maximum absolute atomic E-state index is 13.4. The first-order valence-electron chi connectivity index (χ1n) is 9.59. The predicted molar refractivity (Wildman–Crippen MR) is 110 cm³/mol. The van der Waals surface area contributed by atoms with Gasteiger partial charge < -0.3 is 19.4 Å². The zero-order valence-electron chi connectivity index (χ0n) is 17.2. The molecule has 0 unspecified atom stereocenters. The molecule has 0 bridgehead atoms. The number of aromatic nitrogens is 2. The molecule has 1 heterocycles. The lowest BCUT2D eigenvalue weighted by Gasteiger charge is -2.14. The number of methoxy groups -OCH3 is 1. The standard InChI is InChI=1S/C22H26FN3O3/c1-14(2)13-29-20-12-16(28-4)6-7-17(20)22(27)24-10-9-21-25-18-11-15(23)5-8-19(18)26(21)3/h5-8,11-12,14H,9-10,13H2,1-4H3,(H,24,27). The third-order valence-corrected chi connectivity index (χ3v) is 4.58. The van der Waals surface area contributed by atoms with Crippen molar-refractivity contribution in [2.45, 2.75) is 20.3 Å². The van der Waals surface area contributed by atoms with Gasteiger partial charge in [-0.15, -0.1) is 0 Å². The van der Waals surface area contributed by atoms with Crippen LogP contribution in [0, 0.1) is 11.7 Å². The van der Waals surface area contributed by atoms with Gasteiger partial charge in [0.2, 0.25) is 0 Å². The first-order chi connectivity index (χ1) is 13.9. The number of fused-ring (bicyclic) bond motifs is 1. The summed E-state index contributed by atoms with van der Waals surface area (Å²) in [5, 5.41) is 2.91. The minimum Gasteiger partial charge on any atom is -0.497 e. The number of imidazole rings is 1. The molecule has 0 radical (unpaired) electrons. The molecule has 0 atom stereocenters. The molecule has 3 rings (SSSR count). The van der Waals surface area contributed by atoms with E-state index in [1.165, 1.54) is 12.1 Å². The summed E-state index contributed by atoms with van der Waals surface area (Å²) in [5.74, 6) is 1.69. The maximum Gasteiger partial charge on any atom is 0.255 e. The number of benzene rings is 2. The van der Waals surface area contributed by atoms with E-state index in [4.69, 9.17) is 9.47 Å². The Balaban J connectivity index is 1.68. The second-order valence-electron chi connectivity index (χ2n) is 7.29. The molecule has 7 heteroatoms. The lowest BCUT2D eigenvalue weighted by molar-refractivity contribution is 0.0949. The van der Waals surface area contributed by atoms with Crippen LogP contribution in [-0.4, -0.2) is 35.7 Å². The summed E-state index contributed by atoms with van der Waals surface area (Å²) in [7, 11) is 3.45. The van der Waals surface area contributed by atoms with E-state index in [1.54, 1.807) is 31.4 Å². The molecule has 0 spiro atoms. The van der Waals surface area contributed by atoms with Gasteiger partial charge in [0, 0.05) is 32.1 Å². The van der Waals surface area contributed by atoms with Crippen LogP contribution in [-0.2, 0) is 13.5 Å². The smallest absolute Gasteiger partial charge is 0.255 e. The number of hydrogen-bond donors (Lipinski definition) is 1. The fourth-order valence-electron chi connectivity index (χ4n) is 3.02. The van der Waals surface area contributed by atoms with Crippen molar-refractivity contribution in [1.82, 2.24) is 14.9 Å². The van der Waals surface area contributed by atoms with E-state index in [9.17, 15) is 9.18 Å². The fourth-order valence-corrected chi connectivity index (χ4v) is 3.02. The number of nitrogens with zero attached hydrogens (tertiary/aromatic N) is 2. The van der Waals surface area contributed by atoms with Gasteiger partial charge in [-0.05, 0) is 30.2 Å². The summed E-state index contributed by atoms with van der Waals surface area (Å²) in [4.78, 5) is 17.2. The van der Waals surface area contributed by atoms with E-state index in [0.29, 0.717) is 48.1 Å². The van der Waals surface area contributed by atoms with Gasteiger partial charge in [-0.3, -0.25) is 4.79 Å². The molecule has 2 aromatic carbocycles. The van der Waals surface area contributed by atoms with E-state index in [1.807, 2.05) is 25.5 Å². The average Bonchev–Trinajstić information content (AvgIpc) is 3.00. The topological polar surface area (TPSA) is 65.4 Å². The molecule has 0 saturated heterocycles. The fraction of sp³-hybridized carbons (Fsp3) is 0.364. The number of hydrogen-bond acceptors (Lipinski definition) is 4. The zero-order chi connectivity index (χ0) is 21.0. The molecular formula is C22H26FN3O3. The molecule has 3 aromatic rings. The molecule has 1 amide bonds. The number of carbonyl (C=O) groups excluding carboxylic acids is 1. The molecule has 0 fully saturated rings. The number of amides is 1. The highest BCUT2D eigenvalue weighted by atomic mass is 19.1. The highest BCUT2D eigenvalue weighted by Gasteiger charge is 2.15. The molecule has 1 aromatic heterocycles. The van der Waals surface area contributed by atoms with Crippen LogP contribution in [0.4, 0.5) is 4.39 Å². The van der Waals surface area contributed by atoms with Crippen LogP contribution in [0.25, 0.3) is 11.0 Å². The van der Waals surface area contributed by atoms with Crippen molar-refractivity contribution < 1.29 is 18.7 Å². The quantitative estimate of drug-likeness (QED) is 0.627. The van der Waals surface area contributed by atoms with E-state index < -0.39 is 0 Å². The Hall–Kier alpha value is -3.09. The van der Waals surface area contributed by atoms with Gasteiger partial charge in [0.1, 0.15) is 23.1 Å². The number of aryl methyl sites for hydroxylation is 1. The minimum atomic E-state index is -0.316. The molecule has 0 aliphatic carbocycles. The van der Waals surface area contributed by atoms with E-state index in [-0.39, 0.29) is 11.7 Å². The number of ether oxygens (including phenoxy) is 2. The molecule has 1 N–H and O–H groups in total. The van der Waals surface area contributed by atoms with E-state index >= 15 is 0 Å². The van der Waals surface area contributed by atoms with Gasteiger partial charge in [-0.2, -0.15) is 0 Å². The molecule has 0 saturated carbocycles. The van der Waals surface area contributed by atoms with Gasteiger partial charge in [0.15, 0.2) is 0 Å². The number of nitrogens with one attached hydrogen (secondary N) is 1. The molecule has 154 valence electrons. The van der Waals surface area contributed by atoms with Crippen molar-refractivity contribution >= 4 is 16.9 Å². The van der Waals surface area contributed by atoms with Crippen LogP contribution in [0.1, 0.15) is 30.0 Å². The Morgan fingerprint density at radius 1 is 1.24 bits per heavy atom. The SMILES string of the molecule is COc1ccc(C(=O)NCCc2nc3cc(F)ccc3n2C)c(OCC(C)C)c1. The Morgan fingerprint density at radius 2 is 2.03 bits per heavy atom. The van der Waals surface area contributed by atoms with Crippen molar-refractivity contribution in [3.63, 3.8) is 0 Å². The second kappa shape index (κ2) is 8.94. The largest absolute Gasteiger partial charge is 0.497 e. The number of halogens is 1. The highest BCUT2D eigenvalue weighted by molar-refractivity contribution is 5.97. The third-order valence-electron chi connectivity index (χ3n) is 4.58. The van der Waals surface area contributed by atoms with Gasteiger partial charge in [0.05, 0.1) is 30.3 Å². The number of carbonyl (C=O) groups is 1. The van der Waals surface area contributed by atoms with Crippen LogP contribution < -0.4 is 14.8 Å². The van der Waals surface area contributed by atoms with Crippen LogP contribution in [0.2, 0.25) is 0 Å². The summed E-state index contributed by atoms with van der Waals surface area (Å²) in [6.07, 6.45) is 0.525. The van der Waals surface area contributed by atoms with Gasteiger partial charge in [-0.1, -0.05) is 13.8 Å². The Kier molecular flexibility index (Phi) is 6.36. The second-order valence-corrected chi connectivity index (χ2v) is 7.29. The summed E-state index contributed by atoms with van der Waals surface area (Å²) in [6.45, 7) is 4.99. The van der Waals surface area contributed by atoms with Gasteiger partial charge >= 0.3 is 0 Å². The first-order valence-corrected chi connectivity index (χ1v) is 9.59. The first kappa shape index (κ1) is 20.6. The average molecular weight is 399 g/mol. The normalized spacial score (nSPS) is 11.1. The van der Waals surface area contributed by atoms with E-state index in [2.05, 4.69) is 10.3 Å². The highest BCUT2D eigenvalue weighted by Crippen LogP contribution is 2.25.